The molecule has 22 heavy (non-hydrogen) atoms. The van der Waals surface area contributed by atoms with Crippen molar-refractivity contribution >= 4 is 21.6 Å². The van der Waals surface area contributed by atoms with Gasteiger partial charge in [-0.05, 0) is 25.6 Å². The predicted octanol–water partition coefficient (Wildman–Crippen LogP) is 0.262. The minimum atomic E-state index is -3.55. The molecule has 3 rings (SSSR count). The summed E-state index contributed by atoms with van der Waals surface area (Å²) < 4.78 is 32.5. The van der Waals surface area contributed by atoms with Gasteiger partial charge in [-0.1, -0.05) is 0 Å². The Balaban J connectivity index is 1.95. The second-order valence-corrected chi connectivity index (χ2v) is 7.56. The van der Waals surface area contributed by atoms with Crippen LogP contribution in [0.25, 0.3) is 0 Å². The highest BCUT2D eigenvalue weighted by Crippen LogP contribution is 2.34. The molecule has 0 aromatic heterocycles. The third kappa shape index (κ3) is 2.69. The minimum absolute atomic E-state index is 0.0932. The Bertz CT molecular complexity index is 709. The van der Waals surface area contributed by atoms with E-state index in [4.69, 9.17) is 4.74 Å². The summed E-state index contributed by atoms with van der Waals surface area (Å²) in [5, 5.41) is 2.69. The number of aryl methyl sites for hydroxylation is 1. The number of nitrogens with zero attached hydrogens (tertiary/aromatic N) is 2. The molecule has 1 fully saturated rings. The lowest BCUT2D eigenvalue weighted by atomic mass is 10.2. The van der Waals surface area contributed by atoms with Crippen LogP contribution in [0.15, 0.2) is 17.0 Å². The highest BCUT2D eigenvalue weighted by molar-refractivity contribution is 7.89. The van der Waals surface area contributed by atoms with Gasteiger partial charge < -0.3 is 15.0 Å². The number of hydrogen-bond donors (Lipinski definition) is 1. The summed E-state index contributed by atoms with van der Waals surface area (Å²) in [5.41, 5.74) is 1.12. The molecule has 2 heterocycles. The number of sulfonamides is 1. The van der Waals surface area contributed by atoms with E-state index in [2.05, 4.69) is 10.2 Å². The van der Waals surface area contributed by atoms with Gasteiger partial charge in [0.2, 0.25) is 10.0 Å². The van der Waals surface area contributed by atoms with Gasteiger partial charge in [-0.25, -0.2) is 8.42 Å². The van der Waals surface area contributed by atoms with Gasteiger partial charge in [-0.3, -0.25) is 4.79 Å². The van der Waals surface area contributed by atoms with Crippen molar-refractivity contribution in [1.29, 1.82) is 0 Å². The quantitative estimate of drug-likeness (QED) is 0.844. The zero-order valence-electron chi connectivity index (χ0n) is 12.6. The Morgan fingerprint density at radius 1 is 1.18 bits per heavy atom. The summed E-state index contributed by atoms with van der Waals surface area (Å²) in [6.45, 7) is 4.03. The first-order valence-corrected chi connectivity index (χ1v) is 8.58. The van der Waals surface area contributed by atoms with Crippen LogP contribution in [-0.2, 0) is 14.8 Å². The van der Waals surface area contributed by atoms with Crippen LogP contribution in [0, 0.1) is 6.92 Å². The van der Waals surface area contributed by atoms with E-state index < -0.39 is 10.0 Å². The third-order valence-corrected chi connectivity index (χ3v) is 6.03. The fraction of sp³-hybridized carbons (Fsp3) is 0.500. The highest BCUT2D eigenvalue weighted by atomic mass is 32.2. The van der Waals surface area contributed by atoms with Crippen molar-refractivity contribution in [2.45, 2.75) is 11.8 Å². The van der Waals surface area contributed by atoms with Crippen LogP contribution in [0.4, 0.5) is 5.69 Å². The van der Waals surface area contributed by atoms with Gasteiger partial charge >= 0.3 is 0 Å². The molecular weight excluding hydrogens is 306 g/mol. The molecule has 8 heteroatoms. The van der Waals surface area contributed by atoms with Gasteiger partial charge in [-0.15, -0.1) is 0 Å². The minimum Gasteiger partial charge on any atom is -0.482 e. The molecule has 1 amide bonds. The molecule has 120 valence electrons. The maximum atomic E-state index is 12.8. The second kappa shape index (κ2) is 5.53. The lowest BCUT2D eigenvalue weighted by Gasteiger charge is -2.32. The third-order valence-electron chi connectivity index (χ3n) is 3.99. The Hall–Kier alpha value is -1.64. The Morgan fingerprint density at radius 3 is 2.55 bits per heavy atom. The Labute approximate surface area is 129 Å². The van der Waals surface area contributed by atoms with E-state index in [9.17, 15) is 13.2 Å². The average molecular weight is 325 g/mol. The summed E-state index contributed by atoms with van der Waals surface area (Å²) in [5.74, 6) is 0.166. The fourth-order valence-corrected chi connectivity index (χ4v) is 4.31. The molecule has 0 saturated carbocycles. The van der Waals surface area contributed by atoms with Crippen LogP contribution in [0.1, 0.15) is 5.56 Å². The van der Waals surface area contributed by atoms with E-state index in [1.807, 2.05) is 7.05 Å². The average Bonchev–Trinajstić information content (AvgIpc) is 2.46. The fourth-order valence-electron chi connectivity index (χ4n) is 2.66. The van der Waals surface area contributed by atoms with Crippen LogP contribution < -0.4 is 10.1 Å². The van der Waals surface area contributed by atoms with E-state index in [0.717, 1.165) is 13.1 Å². The molecule has 1 N–H and O–H groups in total. The molecule has 2 aliphatic rings. The number of piperazine rings is 1. The Morgan fingerprint density at radius 2 is 1.86 bits per heavy atom. The van der Waals surface area contributed by atoms with E-state index in [-0.39, 0.29) is 17.4 Å². The van der Waals surface area contributed by atoms with Crippen molar-refractivity contribution in [2.75, 3.05) is 45.2 Å². The lowest BCUT2D eigenvalue weighted by molar-refractivity contribution is -0.118. The van der Waals surface area contributed by atoms with Crippen LogP contribution in [0.3, 0.4) is 0 Å². The van der Waals surface area contributed by atoms with Crippen molar-refractivity contribution in [3.63, 3.8) is 0 Å². The molecule has 0 radical (unpaired) electrons. The van der Waals surface area contributed by atoms with Gasteiger partial charge in [0, 0.05) is 32.2 Å². The van der Waals surface area contributed by atoms with E-state index >= 15 is 0 Å². The number of carbonyl (C=O) groups is 1. The van der Waals surface area contributed by atoms with Crippen molar-refractivity contribution in [2.24, 2.45) is 0 Å². The summed E-state index contributed by atoms with van der Waals surface area (Å²) in [7, 11) is -1.57. The van der Waals surface area contributed by atoms with Crippen LogP contribution in [0.2, 0.25) is 0 Å². The van der Waals surface area contributed by atoms with Crippen LogP contribution in [-0.4, -0.2) is 63.4 Å². The summed E-state index contributed by atoms with van der Waals surface area (Å²) in [6, 6.07) is 3.16. The molecule has 1 aromatic carbocycles. The maximum absolute atomic E-state index is 12.8. The molecule has 2 aliphatic heterocycles. The molecule has 1 aromatic rings. The SMILES string of the molecule is Cc1cc2c(cc1S(=O)(=O)N1CCN(C)CC1)OCC(=O)N2. The summed E-state index contributed by atoms with van der Waals surface area (Å²) >= 11 is 0. The number of hydrogen-bond acceptors (Lipinski definition) is 5. The van der Waals surface area contributed by atoms with Crippen LogP contribution in [0.5, 0.6) is 5.75 Å². The molecular formula is C14H19N3O4S. The number of anilines is 1. The number of fused-ring (bicyclic) bond motifs is 1. The molecule has 0 spiro atoms. The van der Waals surface area contributed by atoms with Gasteiger partial charge in [0.05, 0.1) is 10.6 Å². The number of ether oxygens (including phenoxy) is 1. The first-order valence-electron chi connectivity index (χ1n) is 7.14. The lowest BCUT2D eigenvalue weighted by Crippen LogP contribution is -2.47. The zero-order valence-corrected chi connectivity index (χ0v) is 13.4. The van der Waals surface area contributed by atoms with Gasteiger partial charge in [-0.2, -0.15) is 4.31 Å². The molecule has 0 aliphatic carbocycles. The van der Waals surface area contributed by atoms with E-state index in [0.29, 0.717) is 30.1 Å². The van der Waals surface area contributed by atoms with Gasteiger partial charge in [0.1, 0.15) is 5.75 Å². The normalized spacial score (nSPS) is 20.2. The first-order chi connectivity index (χ1) is 10.4. The number of nitrogens with one attached hydrogen (secondary N) is 1. The molecule has 7 nitrogen and oxygen atoms in total. The summed E-state index contributed by atoms with van der Waals surface area (Å²) in [4.78, 5) is 13.7. The second-order valence-electron chi connectivity index (χ2n) is 5.66. The number of likely N-dealkylation sites (N-methyl/N-ethyl adjacent to an activating group) is 1. The molecule has 0 bridgehead atoms. The monoisotopic (exact) mass is 325 g/mol. The Kier molecular flexibility index (Phi) is 3.84. The standard InChI is InChI=1S/C14H19N3O4S/c1-10-7-11-12(21-9-14(18)15-11)8-13(10)22(19,20)17-5-3-16(2)4-6-17/h7-8H,3-6,9H2,1-2H3,(H,15,18). The number of rotatable bonds is 2. The van der Waals surface area contributed by atoms with Crippen molar-refractivity contribution < 1.29 is 17.9 Å². The van der Waals surface area contributed by atoms with Crippen LogP contribution >= 0.6 is 0 Å². The van der Waals surface area contributed by atoms with E-state index in [1.54, 1.807) is 13.0 Å². The topological polar surface area (TPSA) is 79.0 Å². The first kappa shape index (κ1) is 15.3. The van der Waals surface area contributed by atoms with Crippen molar-refractivity contribution in [3.8, 4) is 5.75 Å². The molecule has 0 unspecified atom stereocenters. The molecule has 0 atom stereocenters. The number of carbonyl (C=O) groups excluding carboxylic acids is 1. The maximum Gasteiger partial charge on any atom is 0.262 e. The smallest absolute Gasteiger partial charge is 0.262 e. The largest absolute Gasteiger partial charge is 0.482 e. The summed E-state index contributed by atoms with van der Waals surface area (Å²) in [6.07, 6.45) is 0. The van der Waals surface area contributed by atoms with Gasteiger partial charge in [0.15, 0.2) is 6.61 Å². The predicted molar refractivity (Wildman–Crippen MR) is 81.6 cm³/mol. The van der Waals surface area contributed by atoms with Crippen molar-refractivity contribution in [1.82, 2.24) is 9.21 Å². The van der Waals surface area contributed by atoms with E-state index in [1.165, 1.54) is 10.4 Å². The molecule has 1 saturated heterocycles. The number of benzene rings is 1. The van der Waals surface area contributed by atoms with Crippen molar-refractivity contribution in [3.05, 3.63) is 17.7 Å². The number of amides is 1. The van der Waals surface area contributed by atoms with Gasteiger partial charge in [0.25, 0.3) is 5.91 Å². The highest BCUT2D eigenvalue weighted by Gasteiger charge is 2.30. The zero-order chi connectivity index (χ0) is 15.9.